The van der Waals surface area contributed by atoms with Crippen LogP contribution in [0.25, 0.3) is 0 Å². The van der Waals surface area contributed by atoms with Crippen LogP contribution in [-0.4, -0.2) is 29.1 Å². The summed E-state index contributed by atoms with van der Waals surface area (Å²) < 4.78 is 11.3. The van der Waals surface area contributed by atoms with Gasteiger partial charge >= 0.3 is 11.9 Å². The molecule has 218 valence electrons. The topological polar surface area (TPSA) is 84.9 Å². The lowest BCUT2D eigenvalue weighted by molar-refractivity contribution is -0.137. The smallest absolute Gasteiger partial charge is 0.311 e. The maximum atomic E-state index is 12.6. The SMILES string of the molecule is CCCCCCCCCC(=O)Oc1ccc(C(O)CNC(C)(C)C)cc1OC(=O)CCCCCCCCC. The minimum absolute atomic E-state index is 0.141. The van der Waals surface area contributed by atoms with Crippen molar-refractivity contribution in [2.24, 2.45) is 0 Å². The van der Waals surface area contributed by atoms with Crippen LogP contribution in [0.1, 0.15) is 149 Å². The van der Waals surface area contributed by atoms with Gasteiger partial charge in [-0.15, -0.1) is 0 Å². The average molecular weight is 534 g/mol. The summed E-state index contributed by atoms with van der Waals surface area (Å²) in [6.45, 7) is 10.9. The first-order valence-corrected chi connectivity index (χ1v) is 15.1. The molecule has 0 aliphatic carbocycles. The van der Waals surface area contributed by atoms with Crippen molar-refractivity contribution in [1.29, 1.82) is 0 Å². The van der Waals surface area contributed by atoms with Gasteiger partial charge in [-0.05, 0) is 51.3 Å². The van der Waals surface area contributed by atoms with Crippen molar-refractivity contribution in [2.75, 3.05) is 6.54 Å². The number of carbonyl (C=O) groups excluding carboxylic acids is 2. The zero-order valence-electron chi connectivity index (χ0n) is 24.9. The molecule has 0 saturated heterocycles. The maximum absolute atomic E-state index is 12.6. The van der Waals surface area contributed by atoms with E-state index in [1.54, 1.807) is 18.2 Å². The van der Waals surface area contributed by atoms with Gasteiger partial charge in [0.15, 0.2) is 11.5 Å². The van der Waals surface area contributed by atoms with Crippen LogP contribution in [0.15, 0.2) is 18.2 Å². The van der Waals surface area contributed by atoms with Crippen LogP contribution in [0.3, 0.4) is 0 Å². The van der Waals surface area contributed by atoms with E-state index in [1.165, 1.54) is 51.4 Å². The molecule has 2 N–H and O–H groups in total. The average Bonchev–Trinajstić information content (AvgIpc) is 2.86. The molecule has 0 amide bonds. The van der Waals surface area contributed by atoms with Gasteiger partial charge in [0, 0.05) is 24.9 Å². The summed E-state index contributed by atoms with van der Waals surface area (Å²) in [6, 6.07) is 4.96. The quantitative estimate of drug-likeness (QED) is 0.0941. The Morgan fingerprint density at radius 3 is 1.66 bits per heavy atom. The lowest BCUT2D eigenvalue weighted by Crippen LogP contribution is -2.38. The number of hydrogen-bond donors (Lipinski definition) is 2. The molecule has 0 spiro atoms. The number of carbonyl (C=O) groups is 2. The highest BCUT2D eigenvalue weighted by Gasteiger charge is 2.19. The number of esters is 2. The van der Waals surface area contributed by atoms with E-state index in [9.17, 15) is 14.7 Å². The molecular weight excluding hydrogens is 478 g/mol. The molecule has 0 bridgehead atoms. The van der Waals surface area contributed by atoms with Crippen LogP contribution in [0.4, 0.5) is 0 Å². The highest BCUT2D eigenvalue weighted by atomic mass is 16.6. The number of benzene rings is 1. The van der Waals surface area contributed by atoms with Gasteiger partial charge in [-0.3, -0.25) is 9.59 Å². The standard InChI is InChI=1S/C32H55NO5/c1-6-8-10-12-14-16-18-20-30(35)37-28-23-22-26(27(34)25-33-32(3,4)5)24-29(28)38-31(36)21-19-17-15-13-11-9-7-2/h22-24,27,33-34H,6-21,25H2,1-5H3. The Labute approximate surface area is 232 Å². The second kappa shape index (κ2) is 20.0. The molecule has 38 heavy (non-hydrogen) atoms. The lowest BCUT2D eigenvalue weighted by atomic mass is 10.1. The highest BCUT2D eigenvalue weighted by molar-refractivity contribution is 5.76. The molecule has 1 unspecified atom stereocenters. The first-order chi connectivity index (χ1) is 18.2. The summed E-state index contributed by atoms with van der Waals surface area (Å²) in [7, 11) is 0. The molecule has 6 heteroatoms. The van der Waals surface area contributed by atoms with Gasteiger partial charge < -0.3 is 19.9 Å². The Morgan fingerprint density at radius 2 is 1.18 bits per heavy atom. The number of hydrogen-bond acceptors (Lipinski definition) is 6. The summed E-state index contributed by atoms with van der Waals surface area (Å²) in [5.41, 5.74) is 0.463. The van der Waals surface area contributed by atoms with Crippen LogP contribution in [0.2, 0.25) is 0 Å². The molecule has 1 atom stereocenters. The van der Waals surface area contributed by atoms with E-state index >= 15 is 0 Å². The van der Waals surface area contributed by atoms with E-state index in [0.717, 1.165) is 38.5 Å². The Bertz CT molecular complexity index is 787. The molecule has 0 radical (unpaired) electrons. The molecule has 6 nitrogen and oxygen atoms in total. The summed E-state index contributed by atoms with van der Waals surface area (Å²) in [4.78, 5) is 25.1. The molecule has 0 saturated carbocycles. The molecule has 1 aromatic rings. The van der Waals surface area contributed by atoms with Crippen LogP contribution in [-0.2, 0) is 9.59 Å². The van der Waals surface area contributed by atoms with E-state index in [1.807, 2.05) is 20.8 Å². The predicted molar refractivity (Wildman–Crippen MR) is 156 cm³/mol. The van der Waals surface area contributed by atoms with Crippen LogP contribution in [0, 0.1) is 0 Å². The first kappa shape index (κ1) is 34.1. The van der Waals surface area contributed by atoms with Gasteiger partial charge in [-0.1, -0.05) is 97.0 Å². The van der Waals surface area contributed by atoms with E-state index in [-0.39, 0.29) is 29.0 Å². The third-order valence-electron chi connectivity index (χ3n) is 6.59. The van der Waals surface area contributed by atoms with E-state index in [0.29, 0.717) is 24.9 Å². The van der Waals surface area contributed by atoms with Gasteiger partial charge in [-0.25, -0.2) is 0 Å². The molecule has 1 aromatic carbocycles. The Balaban J connectivity index is 2.72. The van der Waals surface area contributed by atoms with Crippen LogP contribution in [0.5, 0.6) is 11.5 Å². The Kier molecular flexibility index (Phi) is 18.0. The summed E-state index contributed by atoms with van der Waals surface area (Å²) in [5.74, 6) is -0.253. The van der Waals surface area contributed by atoms with Crippen molar-refractivity contribution < 1.29 is 24.2 Å². The molecule has 0 aromatic heterocycles. The second-order valence-corrected chi connectivity index (χ2v) is 11.5. The zero-order chi connectivity index (χ0) is 28.2. The fraction of sp³-hybridized carbons (Fsp3) is 0.750. The van der Waals surface area contributed by atoms with Crippen molar-refractivity contribution in [1.82, 2.24) is 5.32 Å². The predicted octanol–water partition coefficient (Wildman–Crippen LogP) is 8.20. The van der Waals surface area contributed by atoms with E-state index in [4.69, 9.17) is 9.47 Å². The molecule has 0 aliphatic rings. The second-order valence-electron chi connectivity index (χ2n) is 11.5. The summed E-state index contributed by atoms with van der Waals surface area (Å²) in [6.07, 6.45) is 15.5. The molecule has 0 heterocycles. The van der Waals surface area contributed by atoms with Crippen molar-refractivity contribution in [3.63, 3.8) is 0 Å². The number of β-amino-alcohol motifs (C(OH)–C–C–N with tert-alkyl or cyclic N) is 1. The summed E-state index contributed by atoms with van der Waals surface area (Å²) >= 11 is 0. The largest absolute Gasteiger partial charge is 0.423 e. The number of nitrogens with one attached hydrogen (secondary N) is 1. The minimum Gasteiger partial charge on any atom is -0.423 e. The molecule has 1 rings (SSSR count). The van der Waals surface area contributed by atoms with Crippen molar-refractivity contribution in [2.45, 2.75) is 149 Å². The van der Waals surface area contributed by atoms with Gasteiger partial charge in [0.1, 0.15) is 0 Å². The highest BCUT2D eigenvalue weighted by Crippen LogP contribution is 2.32. The minimum atomic E-state index is -0.785. The third kappa shape index (κ3) is 16.8. The number of aliphatic hydroxyl groups excluding tert-OH is 1. The summed E-state index contributed by atoms with van der Waals surface area (Å²) in [5, 5.41) is 14.0. The van der Waals surface area contributed by atoms with E-state index in [2.05, 4.69) is 19.2 Å². The number of unbranched alkanes of at least 4 members (excludes halogenated alkanes) is 12. The number of rotatable bonds is 21. The monoisotopic (exact) mass is 533 g/mol. The van der Waals surface area contributed by atoms with Crippen molar-refractivity contribution in [3.05, 3.63) is 23.8 Å². The molecule has 0 fully saturated rings. The lowest BCUT2D eigenvalue weighted by Gasteiger charge is -2.23. The van der Waals surface area contributed by atoms with Crippen LogP contribution < -0.4 is 14.8 Å². The molecular formula is C32H55NO5. The number of aliphatic hydroxyl groups is 1. The van der Waals surface area contributed by atoms with Gasteiger partial charge in [0.25, 0.3) is 0 Å². The molecule has 0 aliphatic heterocycles. The van der Waals surface area contributed by atoms with Crippen molar-refractivity contribution in [3.8, 4) is 11.5 Å². The van der Waals surface area contributed by atoms with Gasteiger partial charge in [0.2, 0.25) is 0 Å². The number of ether oxygens (including phenoxy) is 2. The fourth-order valence-corrected chi connectivity index (χ4v) is 4.22. The first-order valence-electron chi connectivity index (χ1n) is 15.1. The fourth-order valence-electron chi connectivity index (χ4n) is 4.22. The zero-order valence-corrected chi connectivity index (χ0v) is 24.9. The Hall–Kier alpha value is -1.92. The third-order valence-corrected chi connectivity index (χ3v) is 6.59. The maximum Gasteiger partial charge on any atom is 0.311 e. The van der Waals surface area contributed by atoms with Crippen LogP contribution >= 0.6 is 0 Å². The van der Waals surface area contributed by atoms with Crippen molar-refractivity contribution >= 4 is 11.9 Å². The van der Waals surface area contributed by atoms with E-state index < -0.39 is 6.10 Å². The normalized spacial score (nSPS) is 12.4. The Morgan fingerprint density at radius 1 is 0.737 bits per heavy atom. The van der Waals surface area contributed by atoms with Gasteiger partial charge in [0.05, 0.1) is 6.10 Å². The van der Waals surface area contributed by atoms with Gasteiger partial charge in [-0.2, -0.15) is 0 Å².